The summed E-state index contributed by atoms with van der Waals surface area (Å²) in [5.74, 6) is 0. The first-order valence-corrected chi connectivity index (χ1v) is 4.51. The largest absolute Gasteiger partial charge is 0.257 e. The summed E-state index contributed by atoms with van der Waals surface area (Å²) in [6.07, 6.45) is 0.784. The van der Waals surface area contributed by atoms with Crippen LogP contribution in [0.15, 0.2) is 42.5 Å². The van der Waals surface area contributed by atoms with Gasteiger partial charge in [-0.25, -0.2) is 0 Å². The molecule has 0 N–H and O–H groups in total. The maximum Gasteiger partial charge on any atom is 0.0451 e. The number of hydrogen-bond acceptors (Lipinski definition) is 1. The van der Waals surface area contributed by atoms with Crippen molar-refractivity contribution in [2.75, 3.05) is 0 Å². The van der Waals surface area contributed by atoms with Crippen molar-refractivity contribution in [3.63, 3.8) is 0 Å². The van der Waals surface area contributed by atoms with Gasteiger partial charge < -0.3 is 0 Å². The molecule has 0 saturated heterocycles. The van der Waals surface area contributed by atoms with Gasteiger partial charge in [0.05, 0.1) is 0 Å². The van der Waals surface area contributed by atoms with Crippen LogP contribution in [-0.4, -0.2) is 4.98 Å². The molecule has 2 aromatic rings. The minimum Gasteiger partial charge on any atom is -0.257 e. The third-order valence-corrected chi connectivity index (χ3v) is 1.97. The van der Waals surface area contributed by atoms with E-state index in [1.165, 1.54) is 0 Å². The van der Waals surface area contributed by atoms with E-state index in [0.717, 1.165) is 17.7 Å². The van der Waals surface area contributed by atoms with Gasteiger partial charge in [0.2, 0.25) is 0 Å². The van der Waals surface area contributed by atoms with Gasteiger partial charge in [-0.15, -0.1) is 0 Å². The number of nitrogens with zero attached hydrogens (tertiary/aromatic N) is 1. The van der Waals surface area contributed by atoms with Crippen LogP contribution >= 0.6 is 0 Å². The van der Waals surface area contributed by atoms with Crippen LogP contribution in [0.5, 0.6) is 0 Å². The van der Waals surface area contributed by atoms with Crippen LogP contribution in [-0.2, 0) is 23.5 Å². The molecule has 1 aromatic carbocycles. The molecule has 0 spiro atoms. The molecular weight excluding hydrogens is 226 g/mol. The molecule has 1 heterocycles. The number of benzene rings is 1. The Balaban J connectivity index is 0.00000112. The minimum atomic E-state index is 0. The van der Waals surface area contributed by atoms with E-state index in [4.69, 9.17) is 6.92 Å². The molecule has 0 aliphatic rings. The van der Waals surface area contributed by atoms with Crippen molar-refractivity contribution >= 4 is 0 Å². The first kappa shape index (κ1) is 12.0. The smallest absolute Gasteiger partial charge is 0.0451 e. The average molecular weight is 236 g/mol. The predicted octanol–water partition coefficient (Wildman–Crippen LogP) is 2.53. The van der Waals surface area contributed by atoms with Crippen molar-refractivity contribution in [3.05, 3.63) is 72.4 Å². The molecular formula is C13H10FeN-. The van der Waals surface area contributed by atoms with Gasteiger partial charge in [0.25, 0.3) is 0 Å². The van der Waals surface area contributed by atoms with E-state index in [2.05, 4.69) is 11.1 Å². The Kier molecular flexibility index (Phi) is 4.54. The third kappa shape index (κ3) is 3.50. The zero-order chi connectivity index (χ0) is 9.80. The van der Waals surface area contributed by atoms with Gasteiger partial charge in [0, 0.05) is 35.4 Å². The molecule has 0 aliphatic heterocycles. The van der Waals surface area contributed by atoms with Crippen molar-refractivity contribution in [3.8, 4) is 0 Å². The van der Waals surface area contributed by atoms with Gasteiger partial charge >= 0.3 is 0 Å². The van der Waals surface area contributed by atoms with Gasteiger partial charge in [-0.1, -0.05) is 6.07 Å². The summed E-state index contributed by atoms with van der Waals surface area (Å²) in [5, 5.41) is 0. The van der Waals surface area contributed by atoms with Gasteiger partial charge in [-0.05, 0) is 18.6 Å². The minimum absolute atomic E-state index is 0. The first-order chi connectivity index (χ1) is 6.84. The Morgan fingerprint density at radius 3 is 2.67 bits per heavy atom. The summed E-state index contributed by atoms with van der Waals surface area (Å²) in [5.41, 5.74) is 2.68. The van der Waals surface area contributed by atoms with E-state index < -0.39 is 0 Å². The molecule has 0 atom stereocenters. The van der Waals surface area contributed by atoms with Crippen LogP contribution in [0.3, 0.4) is 0 Å². The molecule has 0 saturated carbocycles. The molecule has 0 bridgehead atoms. The Labute approximate surface area is 101 Å². The summed E-state index contributed by atoms with van der Waals surface area (Å²) in [6, 6.07) is 16.7. The van der Waals surface area contributed by atoms with E-state index in [9.17, 15) is 0 Å². The fourth-order valence-corrected chi connectivity index (χ4v) is 1.33. The maximum absolute atomic E-state index is 5.59. The monoisotopic (exact) mass is 236 g/mol. The maximum atomic E-state index is 5.59. The molecule has 0 amide bonds. The van der Waals surface area contributed by atoms with Crippen molar-refractivity contribution in [1.82, 2.24) is 4.98 Å². The number of pyridine rings is 1. The molecule has 1 aromatic heterocycles. The second-order valence-corrected chi connectivity index (χ2v) is 3.12. The zero-order valence-electron chi connectivity index (χ0n) is 8.13. The topological polar surface area (TPSA) is 12.9 Å². The Hall–Kier alpha value is -1.11. The predicted molar refractivity (Wildman–Crippen MR) is 55.7 cm³/mol. The van der Waals surface area contributed by atoms with Crippen LogP contribution < -0.4 is 0 Å². The third-order valence-electron chi connectivity index (χ3n) is 1.97. The summed E-state index contributed by atoms with van der Waals surface area (Å²) in [7, 11) is 0. The molecule has 2 radical (unpaired) electrons. The van der Waals surface area contributed by atoms with Gasteiger partial charge in [-0.2, -0.15) is 35.9 Å². The quantitative estimate of drug-likeness (QED) is 0.576. The Bertz CT molecular complexity index is 412. The van der Waals surface area contributed by atoms with Gasteiger partial charge in [-0.3, -0.25) is 4.98 Å². The second-order valence-electron chi connectivity index (χ2n) is 3.12. The van der Waals surface area contributed by atoms with E-state index in [1.807, 2.05) is 36.4 Å². The molecule has 15 heavy (non-hydrogen) atoms. The fraction of sp³-hybridized carbons (Fsp3) is 0.0769. The molecule has 0 unspecified atom stereocenters. The standard InChI is InChI=1S/C13H10N.Fe/c1-11-6-5-9-13(14-11)10-12-7-3-2-4-8-12;/h1-7,9H,10H2;/q-1;. The van der Waals surface area contributed by atoms with Crippen molar-refractivity contribution in [1.29, 1.82) is 0 Å². The number of rotatable bonds is 2. The van der Waals surface area contributed by atoms with Crippen LogP contribution in [0.4, 0.5) is 0 Å². The number of hydrogen-bond donors (Lipinski definition) is 0. The Morgan fingerprint density at radius 2 is 2.00 bits per heavy atom. The first-order valence-electron chi connectivity index (χ1n) is 4.51. The van der Waals surface area contributed by atoms with Crippen molar-refractivity contribution in [2.45, 2.75) is 6.42 Å². The molecule has 1 nitrogen and oxygen atoms in total. The number of aromatic nitrogens is 1. The van der Waals surface area contributed by atoms with Crippen LogP contribution in [0.25, 0.3) is 0 Å². The summed E-state index contributed by atoms with van der Waals surface area (Å²) in [6.45, 7) is 5.59. The summed E-state index contributed by atoms with van der Waals surface area (Å²) >= 11 is 0. The van der Waals surface area contributed by atoms with E-state index in [0.29, 0.717) is 5.69 Å². The zero-order valence-corrected chi connectivity index (χ0v) is 9.23. The molecule has 0 aliphatic carbocycles. The van der Waals surface area contributed by atoms with E-state index in [-0.39, 0.29) is 17.1 Å². The normalized spacial score (nSPS) is 9.40. The van der Waals surface area contributed by atoms with Crippen LogP contribution in [0.2, 0.25) is 0 Å². The molecule has 2 rings (SSSR count). The SMILES string of the molecule is [CH]c1cccc(Cc2[c-]cccc2)n1.[Fe]. The van der Waals surface area contributed by atoms with Crippen LogP contribution in [0, 0.1) is 13.0 Å². The molecule has 76 valence electrons. The molecule has 0 fully saturated rings. The van der Waals surface area contributed by atoms with Crippen LogP contribution in [0.1, 0.15) is 17.0 Å². The van der Waals surface area contributed by atoms with Gasteiger partial charge in [0.15, 0.2) is 0 Å². The second kappa shape index (κ2) is 5.69. The van der Waals surface area contributed by atoms with Crippen molar-refractivity contribution < 1.29 is 17.1 Å². The fourth-order valence-electron chi connectivity index (χ4n) is 1.33. The van der Waals surface area contributed by atoms with Crippen molar-refractivity contribution in [2.24, 2.45) is 0 Å². The summed E-state index contributed by atoms with van der Waals surface area (Å²) in [4.78, 5) is 4.23. The molecule has 2 heteroatoms. The summed E-state index contributed by atoms with van der Waals surface area (Å²) < 4.78 is 0. The van der Waals surface area contributed by atoms with E-state index >= 15 is 0 Å². The average Bonchev–Trinajstić information content (AvgIpc) is 2.19. The van der Waals surface area contributed by atoms with E-state index in [1.54, 1.807) is 6.07 Å². The Morgan fingerprint density at radius 1 is 1.13 bits per heavy atom. The van der Waals surface area contributed by atoms with Gasteiger partial charge in [0.1, 0.15) is 0 Å².